The number of alkyl carbamates (subject to hydrolysis) is 1. The van der Waals surface area contributed by atoms with Crippen molar-refractivity contribution < 1.29 is 27.8 Å². The van der Waals surface area contributed by atoms with Crippen molar-refractivity contribution in [1.29, 1.82) is 0 Å². The third kappa shape index (κ3) is 7.13. The summed E-state index contributed by atoms with van der Waals surface area (Å²) in [6.07, 6.45) is -5.64. The third-order valence-electron chi connectivity index (χ3n) is 0.758. The van der Waals surface area contributed by atoms with E-state index >= 15 is 0 Å². The molecule has 0 aromatic heterocycles. The number of aliphatic hydroxyl groups excluding tert-OH is 1. The number of carbonyl (C=O) groups excluding carboxylic acids is 1. The lowest BCUT2D eigenvalue weighted by atomic mass is 10.6. The second-order valence-electron chi connectivity index (χ2n) is 1.83. The molecule has 4 nitrogen and oxygen atoms in total. The van der Waals surface area contributed by atoms with Gasteiger partial charge in [0.15, 0.2) is 0 Å². The topological polar surface area (TPSA) is 58.6 Å². The van der Waals surface area contributed by atoms with Crippen molar-refractivity contribution in [2.24, 2.45) is 0 Å². The number of carbonyl (C=O) groups is 1. The maximum atomic E-state index is 11.4. The van der Waals surface area contributed by atoms with E-state index < -0.39 is 25.4 Å². The van der Waals surface area contributed by atoms with Crippen molar-refractivity contribution in [1.82, 2.24) is 5.32 Å². The highest BCUT2D eigenvalue weighted by Gasteiger charge is 2.27. The fourth-order valence-corrected chi connectivity index (χ4v) is 0.362. The Morgan fingerprint density at radius 1 is 1.50 bits per heavy atom. The summed E-state index contributed by atoms with van der Waals surface area (Å²) in [5.74, 6) is 0. The Balaban J connectivity index is 3.44. The molecule has 0 radical (unpaired) electrons. The molecule has 0 spiro atoms. The van der Waals surface area contributed by atoms with E-state index in [2.05, 4.69) is 4.74 Å². The van der Waals surface area contributed by atoms with E-state index in [1.54, 1.807) is 0 Å². The van der Waals surface area contributed by atoms with Crippen LogP contribution >= 0.6 is 0 Å². The van der Waals surface area contributed by atoms with Gasteiger partial charge in [-0.15, -0.1) is 0 Å². The summed E-state index contributed by atoms with van der Waals surface area (Å²) in [5, 5.41) is 9.58. The van der Waals surface area contributed by atoms with Gasteiger partial charge in [-0.05, 0) is 0 Å². The number of hydrogen-bond donors (Lipinski definition) is 2. The second kappa shape index (κ2) is 4.81. The normalized spacial score (nSPS) is 11.0. The highest BCUT2D eigenvalue weighted by Crippen LogP contribution is 2.11. The lowest BCUT2D eigenvalue weighted by molar-refractivity contribution is -0.123. The van der Waals surface area contributed by atoms with Gasteiger partial charge in [0.2, 0.25) is 0 Å². The van der Waals surface area contributed by atoms with Crippen LogP contribution in [0.25, 0.3) is 0 Å². The smallest absolute Gasteiger partial charge is 0.407 e. The van der Waals surface area contributed by atoms with E-state index in [1.807, 2.05) is 0 Å². The van der Waals surface area contributed by atoms with Crippen molar-refractivity contribution in [3.05, 3.63) is 0 Å². The first kappa shape index (κ1) is 11.0. The van der Waals surface area contributed by atoms with Crippen molar-refractivity contribution in [3.8, 4) is 0 Å². The molecule has 0 saturated carbocycles. The van der Waals surface area contributed by atoms with E-state index in [0.717, 1.165) is 0 Å². The number of alkyl halides is 3. The van der Waals surface area contributed by atoms with Gasteiger partial charge in [-0.3, -0.25) is 0 Å². The molecule has 1 amide bonds. The van der Waals surface area contributed by atoms with Gasteiger partial charge in [-0.2, -0.15) is 13.2 Å². The summed E-state index contributed by atoms with van der Waals surface area (Å²) in [7, 11) is 0. The molecule has 0 atom stereocenters. The van der Waals surface area contributed by atoms with Gasteiger partial charge >= 0.3 is 12.3 Å². The summed E-state index contributed by atoms with van der Waals surface area (Å²) in [5.41, 5.74) is 0. The van der Waals surface area contributed by atoms with E-state index in [4.69, 9.17) is 5.11 Å². The van der Waals surface area contributed by atoms with Crippen LogP contribution in [0.2, 0.25) is 0 Å². The maximum absolute atomic E-state index is 11.4. The van der Waals surface area contributed by atoms with Gasteiger partial charge in [0.05, 0.1) is 6.61 Å². The van der Waals surface area contributed by atoms with Crippen LogP contribution in [0.1, 0.15) is 0 Å². The summed E-state index contributed by atoms with van der Waals surface area (Å²) in [6, 6.07) is 0. The molecule has 0 unspecified atom stereocenters. The molecule has 0 fully saturated rings. The number of hydrogen-bond acceptors (Lipinski definition) is 3. The molecule has 12 heavy (non-hydrogen) atoms. The van der Waals surface area contributed by atoms with Crippen LogP contribution < -0.4 is 5.32 Å². The second-order valence-corrected chi connectivity index (χ2v) is 1.83. The fourth-order valence-electron chi connectivity index (χ4n) is 0.362. The largest absolute Gasteiger partial charge is 0.447 e. The van der Waals surface area contributed by atoms with Gasteiger partial charge in [0.25, 0.3) is 0 Å². The Morgan fingerprint density at radius 2 is 2.08 bits per heavy atom. The molecule has 0 rings (SSSR count). The van der Waals surface area contributed by atoms with Crippen LogP contribution in [0.15, 0.2) is 0 Å². The molecule has 0 aromatic rings. The van der Waals surface area contributed by atoms with Crippen LogP contribution in [0.5, 0.6) is 0 Å². The number of halogens is 3. The first-order valence-electron chi connectivity index (χ1n) is 3.04. The van der Waals surface area contributed by atoms with Crippen LogP contribution in [0, 0.1) is 0 Å². The number of ether oxygens (including phenoxy) is 1. The molecule has 0 heterocycles. The zero-order valence-electron chi connectivity index (χ0n) is 6.02. The Kier molecular flexibility index (Phi) is 4.42. The Morgan fingerprint density at radius 3 is 2.50 bits per heavy atom. The third-order valence-corrected chi connectivity index (χ3v) is 0.758. The van der Waals surface area contributed by atoms with Gasteiger partial charge in [0, 0.05) is 0 Å². The highest BCUT2D eigenvalue weighted by molar-refractivity contribution is 5.67. The van der Waals surface area contributed by atoms with Crippen LogP contribution in [0.4, 0.5) is 18.0 Å². The number of rotatable bonds is 3. The van der Waals surface area contributed by atoms with Crippen LogP contribution in [-0.4, -0.2) is 37.1 Å². The monoisotopic (exact) mass is 187 g/mol. The maximum Gasteiger partial charge on any atom is 0.407 e. The minimum Gasteiger partial charge on any atom is -0.447 e. The average Bonchev–Trinajstić information content (AvgIpc) is 1.95. The highest BCUT2D eigenvalue weighted by atomic mass is 19.4. The molecule has 0 aliphatic heterocycles. The standard InChI is InChI=1S/C5H8F3NO3/c6-5(7,8)3-9-4(11)12-2-1-10/h10H,1-3H2,(H,9,11). The summed E-state index contributed by atoms with van der Waals surface area (Å²) < 4.78 is 38.3. The van der Waals surface area contributed by atoms with Gasteiger partial charge in [0.1, 0.15) is 13.2 Å². The van der Waals surface area contributed by atoms with Crippen LogP contribution in [0.3, 0.4) is 0 Å². The number of nitrogens with one attached hydrogen (secondary N) is 1. The number of aliphatic hydroxyl groups is 1. The Hall–Kier alpha value is -0.980. The molecule has 0 bridgehead atoms. The van der Waals surface area contributed by atoms with E-state index in [1.165, 1.54) is 5.32 Å². The molecule has 2 N–H and O–H groups in total. The van der Waals surface area contributed by atoms with E-state index in [9.17, 15) is 18.0 Å². The predicted molar refractivity (Wildman–Crippen MR) is 32.5 cm³/mol. The zero-order valence-corrected chi connectivity index (χ0v) is 6.02. The molecular formula is C5H8F3NO3. The molecule has 7 heteroatoms. The SMILES string of the molecule is O=C(NCC(F)(F)F)OCCO. The van der Waals surface area contributed by atoms with Crippen LogP contribution in [-0.2, 0) is 4.74 Å². The first-order chi connectivity index (χ1) is 5.45. The van der Waals surface area contributed by atoms with Gasteiger partial charge in [-0.1, -0.05) is 0 Å². The Bertz CT molecular complexity index is 147. The van der Waals surface area contributed by atoms with Gasteiger partial charge in [-0.25, -0.2) is 4.79 Å². The van der Waals surface area contributed by atoms with Crippen molar-refractivity contribution >= 4 is 6.09 Å². The molecule has 0 aliphatic carbocycles. The van der Waals surface area contributed by atoms with Crippen molar-refractivity contribution in [2.75, 3.05) is 19.8 Å². The molecule has 0 aromatic carbocycles. The molecule has 72 valence electrons. The van der Waals surface area contributed by atoms with Gasteiger partial charge < -0.3 is 15.2 Å². The molecular weight excluding hydrogens is 179 g/mol. The summed E-state index contributed by atoms with van der Waals surface area (Å²) >= 11 is 0. The lowest BCUT2D eigenvalue weighted by Crippen LogP contribution is -2.34. The lowest BCUT2D eigenvalue weighted by Gasteiger charge is -2.07. The molecule has 0 saturated heterocycles. The summed E-state index contributed by atoms with van der Waals surface area (Å²) in [4.78, 5) is 10.3. The quantitative estimate of drug-likeness (QED) is 0.666. The fraction of sp³-hybridized carbons (Fsp3) is 0.800. The van der Waals surface area contributed by atoms with E-state index in [-0.39, 0.29) is 6.61 Å². The predicted octanol–water partition coefficient (Wildman–Crippen LogP) is 0.267. The summed E-state index contributed by atoms with van der Waals surface area (Å²) in [6.45, 7) is -2.17. The first-order valence-corrected chi connectivity index (χ1v) is 3.04. The average molecular weight is 187 g/mol. The van der Waals surface area contributed by atoms with E-state index in [0.29, 0.717) is 0 Å². The minimum absolute atomic E-state index is 0.316. The van der Waals surface area contributed by atoms with Crippen molar-refractivity contribution in [3.63, 3.8) is 0 Å². The Labute approximate surface area is 66.3 Å². The zero-order chi connectivity index (χ0) is 9.61. The number of amides is 1. The minimum atomic E-state index is -4.45. The molecule has 0 aliphatic rings. The van der Waals surface area contributed by atoms with Crippen molar-refractivity contribution in [2.45, 2.75) is 6.18 Å².